The van der Waals surface area contributed by atoms with E-state index in [9.17, 15) is 10.1 Å². The summed E-state index contributed by atoms with van der Waals surface area (Å²) >= 11 is 0. The SMILES string of the molecule is CCN(CC)c1ncnc(Nc2ccccn2)c1[N+](=O)[O-]. The molecule has 0 aliphatic heterocycles. The molecular formula is C13H16N6O2. The molecule has 0 aliphatic carbocycles. The second-order valence-electron chi connectivity index (χ2n) is 4.16. The molecule has 0 amide bonds. The van der Waals surface area contributed by atoms with E-state index in [1.54, 1.807) is 24.4 Å². The summed E-state index contributed by atoms with van der Waals surface area (Å²) in [6.45, 7) is 5.08. The number of hydrogen-bond donors (Lipinski definition) is 1. The summed E-state index contributed by atoms with van der Waals surface area (Å²) in [7, 11) is 0. The molecule has 0 atom stereocenters. The molecule has 0 aliphatic rings. The highest BCUT2D eigenvalue weighted by molar-refractivity contribution is 5.73. The molecule has 0 spiro atoms. The fourth-order valence-corrected chi connectivity index (χ4v) is 1.94. The van der Waals surface area contributed by atoms with Gasteiger partial charge in [0.25, 0.3) is 0 Å². The summed E-state index contributed by atoms with van der Waals surface area (Å²) < 4.78 is 0. The Morgan fingerprint density at radius 2 is 2.00 bits per heavy atom. The van der Waals surface area contributed by atoms with E-state index in [1.165, 1.54) is 6.33 Å². The molecule has 0 unspecified atom stereocenters. The van der Waals surface area contributed by atoms with Gasteiger partial charge in [0.2, 0.25) is 11.6 Å². The molecule has 8 heteroatoms. The van der Waals surface area contributed by atoms with Crippen LogP contribution in [0.2, 0.25) is 0 Å². The molecule has 8 nitrogen and oxygen atoms in total. The van der Waals surface area contributed by atoms with Crippen molar-refractivity contribution in [3.8, 4) is 0 Å². The van der Waals surface area contributed by atoms with Gasteiger partial charge in [0, 0.05) is 19.3 Å². The molecule has 21 heavy (non-hydrogen) atoms. The molecule has 110 valence electrons. The van der Waals surface area contributed by atoms with E-state index in [4.69, 9.17) is 0 Å². The average Bonchev–Trinajstić information content (AvgIpc) is 2.49. The average molecular weight is 288 g/mol. The fraction of sp³-hybridized carbons (Fsp3) is 0.308. The lowest BCUT2D eigenvalue weighted by atomic mass is 10.3. The van der Waals surface area contributed by atoms with Crippen molar-refractivity contribution in [2.24, 2.45) is 0 Å². The molecule has 0 saturated heterocycles. The van der Waals surface area contributed by atoms with Gasteiger partial charge >= 0.3 is 5.69 Å². The molecule has 0 aromatic carbocycles. The molecule has 2 aromatic rings. The van der Waals surface area contributed by atoms with Crippen molar-refractivity contribution in [1.29, 1.82) is 0 Å². The number of pyridine rings is 1. The first-order valence-electron chi connectivity index (χ1n) is 6.59. The first-order chi connectivity index (χ1) is 10.2. The number of aromatic nitrogens is 3. The Labute approximate surface area is 122 Å². The highest BCUT2D eigenvalue weighted by Crippen LogP contribution is 2.32. The fourth-order valence-electron chi connectivity index (χ4n) is 1.94. The van der Waals surface area contributed by atoms with Gasteiger partial charge in [0.15, 0.2) is 0 Å². The minimum Gasteiger partial charge on any atom is -0.351 e. The van der Waals surface area contributed by atoms with Crippen molar-refractivity contribution in [3.63, 3.8) is 0 Å². The smallest absolute Gasteiger partial charge is 0.351 e. The lowest BCUT2D eigenvalue weighted by Gasteiger charge is -2.19. The van der Waals surface area contributed by atoms with E-state index in [-0.39, 0.29) is 11.5 Å². The minimum atomic E-state index is -0.473. The van der Waals surface area contributed by atoms with Crippen LogP contribution in [0.25, 0.3) is 0 Å². The first-order valence-corrected chi connectivity index (χ1v) is 6.59. The molecule has 2 heterocycles. The zero-order valence-corrected chi connectivity index (χ0v) is 11.9. The summed E-state index contributed by atoms with van der Waals surface area (Å²) in [5.74, 6) is 0.929. The van der Waals surface area contributed by atoms with Crippen molar-refractivity contribution >= 4 is 23.1 Å². The van der Waals surface area contributed by atoms with E-state index >= 15 is 0 Å². The summed E-state index contributed by atoms with van der Waals surface area (Å²) in [5.41, 5.74) is -0.146. The largest absolute Gasteiger partial charge is 0.353 e. The van der Waals surface area contributed by atoms with Crippen LogP contribution in [-0.4, -0.2) is 33.0 Å². The summed E-state index contributed by atoms with van der Waals surface area (Å²) in [6.07, 6.45) is 2.91. The predicted octanol–water partition coefficient (Wildman–Crippen LogP) is 2.37. The van der Waals surface area contributed by atoms with Gasteiger partial charge in [-0.05, 0) is 26.0 Å². The number of rotatable bonds is 6. The number of anilines is 3. The highest BCUT2D eigenvalue weighted by Gasteiger charge is 2.26. The topological polar surface area (TPSA) is 97.1 Å². The zero-order chi connectivity index (χ0) is 15.2. The van der Waals surface area contributed by atoms with Crippen LogP contribution in [0.5, 0.6) is 0 Å². The Morgan fingerprint density at radius 3 is 2.57 bits per heavy atom. The normalized spacial score (nSPS) is 10.2. The predicted molar refractivity (Wildman–Crippen MR) is 79.8 cm³/mol. The number of nitrogens with one attached hydrogen (secondary N) is 1. The van der Waals surface area contributed by atoms with E-state index < -0.39 is 4.92 Å². The van der Waals surface area contributed by atoms with Crippen LogP contribution >= 0.6 is 0 Å². The Morgan fingerprint density at radius 1 is 1.24 bits per heavy atom. The van der Waals surface area contributed by atoms with Crippen LogP contribution in [0.15, 0.2) is 30.7 Å². The number of hydrogen-bond acceptors (Lipinski definition) is 7. The second kappa shape index (κ2) is 6.60. The third-order valence-corrected chi connectivity index (χ3v) is 2.96. The standard InChI is InChI=1S/C13H16N6O2/c1-3-18(4-2)13-11(19(20)21)12(15-9-16-13)17-10-7-5-6-8-14-10/h5-9H,3-4H2,1-2H3,(H,14,15,16,17). The van der Waals surface area contributed by atoms with Gasteiger partial charge in [-0.3, -0.25) is 10.1 Å². The maximum Gasteiger partial charge on any atom is 0.353 e. The Kier molecular flexibility index (Phi) is 4.60. The number of nitro groups is 1. The molecular weight excluding hydrogens is 272 g/mol. The van der Waals surface area contributed by atoms with Crippen LogP contribution in [0.4, 0.5) is 23.1 Å². The van der Waals surface area contributed by atoms with E-state index in [1.807, 2.05) is 18.7 Å². The van der Waals surface area contributed by atoms with E-state index in [0.29, 0.717) is 24.7 Å². The van der Waals surface area contributed by atoms with Gasteiger partial charge in [0.1, 0.15) is 12.1 Å². The monoisotopic (exact) mass is 288 g/mol. The van der Waals surface area contributed by atoms with Crippen LogP contribution in [-0.2, 0) is 0 Å². The van der Waals surface area contributed by atoms with Crippen molar-refractivity contribution in [2.75, 3.05) is 23.3 Å². The maximum atomic E-state index is 11.4. The van der Waals surface area contributed by atoms with E-state index in [0.717, 1.165) is 0 Å². The Balaban J connectivity index is 2.46. The highest BCUT2D eigenvalue weighted by atomic mass is 16.6. The number of nitrogens with zero attached hydrogens (tertiary/aromatic N) is 5. The van der Waals surface area contributed by atoms with Crippen molar-refractivity contribution in [3.05, 3.63) is 40.8 Å². The summed E-state index contributed by atoms with van der Waals surface area (Å²) in [6, 6.07) is 5.26. The third-order valence-electron chi connectivity index (χ3n) is 2.96. The van der Waals surface area contributed by atoms with Crippen LogP contribution in [0, 0.1) is 10.1 Å². The first kappa shape index (κ1) is 14.6. The lowest BCUT2D eigenvalue weighted by molar-refractivity contribution is -0.383. The third kappa shape index (κ3) is 3.22. The molecule has 0 saturated carbocycles. The van der Waals surface area contributed by atoms with Crippen molar-refractivity contribution < 1.29 is 4.92 Å². The lowest BCUT2D eigenvalue weighted by Crippen LogP contribution is -2.24. The van der Waals surface area contributed by atoms with Gasteiger partial charge in [-0.25, -0.2) is 15.0 Å². The molecule has 1 N–H and O–H groups in total. The van der Waals surface area contributed by atoms with Gasteiger partial charge < -0.3 is 10.2 Å². The minimum absolute atomic E-state index is 0.135. The molecule has 0 fully saturated rings. The quantitative estimate of drug-likeness (QED) is 0.643. The van der Waals surface area contributed by atoms with Crippen molar-refractivity contribution in [2.45, 2.75) is 13.8 Å². The van der Waals surface area contributed by atoms with Crippen molar-refractivity contribution in [1.82, 2.24) is 15.0 Å². The van der Waals surface area contributed by atoms with Gasteiger partial charge in [-0.2, -0.15) is 0 Å². The van der Waals surface area contributed by atoms with Gasteiger partial charge in [-0.15, -0.1) is 0 Å². The Bertz CT molecular complexity index is 615. The van der Waals surface area contributed by atoms with Gasteiger partial charge in [-0.1, -0.05) is 6.07 Å². The van der Waals surface area contributed by atoms with Crippen LogP contribution in [0.1, 0.15) is 13.8 Å². The maximum absolute atomic E-state index is 11.4. The molecule has 0 radical (unpaired) electrons. The van der Waals surface area contributed by atoms with Crippen LogP contribution in [0.3, 0.4) is 0 Å². The summed E-state index contributed by atoms with van der Waals surface area (Å²) in [4.78, 5) is 24.9. The molecule has 2 aromatic heterocycles. The van der Waals surface area contributed by atoms with E-state index in [2.05, 4.69) is 20.3 Å². The second-order valence-corrected chi connectivity index (χ2v) is 4.16. The Hall–Kier alpha value is -2.77. The molecule has 0 bridgehead atoms. The van der Waals surface area contributed by atoms with Crippen LogP contribution < -0.4 is 10.2 Å². The molecule has 2 rings (SSSR count). The van der Waals surface area contributed by atoms with Gasteiger partial charge in [0.05, 0.1) is 4.92 Å². The summed E-state index contributed by atoms with van der Waals surface area (Å²) in [5, 5.41) is 14.3. The zero-order valence-electron chi connectivity index (χ0n) is 11.9.